The zero-order valence-electron chi connectivity index (χ0n) is 12.8. The van der Waals surface area contributed by atoms with Gasteiger partial charge < -0.3 is 10.1 Å². The molecule has 0 aliphatic heterocycles. The van der Waals surface area contributed by atoms with Crippen molar-refractivity contribution < 1.29 is 4.74 Å². The Morgan fingerprint density at radius 2 is 2.10 bits per heavy atom. The van der Waals surface area contributed by atoms with Crippen LogP contribution >= 0.6 is 11.6 Å². The van der Waals surface area contributed by atoms with E-state index in [1.165, 1.54) is 0 Å². The van der Waals surface area contributed by atoms with Crippen LogP contribution in [-0.2, 0) is 20.2 Å². The summed E-state index contributed by atoms with van der Waals surface area (Å²) in [5, 5.41) is 8.33. The highest BCUT2D eigenvalue weighted by Gasteiger charge is 2.12. The number of hydrogen-bond donors (Lipinski definition) is 1. The summed E-state index contributed by atoms with van der Waals surface area (Å²) in [6, 6.07) is 8.08. The van der Waals surface area contributed by atoms with E-state index in [0.717, 1.165) is 42.1 Å². The predicted octanol–water partition coefficient (Wildman–Crippen LogP) is 3.46. The Kier molecular flexibility index (Phi) is 5.65. The van der Waals surface area contributed by atoms with E-state index < -0.39 is 0 Å². The highest BCUT2D eigenvalue weighted by Crippen LogP contribution is 2.23. The van der Waals surface area contributed by atoms with Crippen molar-refractivity contribution in [1.29, 1.82) is 0 Å². The zero-order valence-corrected chi connectivity index (χ0v) is 13.6. The molecular weight excluding hydrogens is 286 g/mol. The fourth-order valence-electron chi connectivity index (χ4n) is 2.18. The number of aromatic nitrogens is 2. The summed E-state index contributed by atoms with van der Waals surface area (Å²) in [6.07, 6.45) is 1.12. The first-order valence-corrected chi connectivity index (χ1v) is 7.60. The number of hydrogen-bond acceptors (Lipinski definition) is 3. The Balaban J connectivity index is 2.06. The van der Waals surface area contributed by atoms with Crippen molar-refractivity contribution in [2.24, 2.45) is 7.05 Å². The van der Waals surface area contributed by atoms with Gasteiger partial charge in [0, 0.05) is 24.7 Å². The highest BCUT2D eigenvalue weighted by atomic mass is 35.5. The van der Waals surface area contributed by atoms with Crippen LogP contribution in [-0.4, -0.2) is 16.3 Å². The first-order valence-electron chi connectivity index (χ1n) is 7.22. The molecule has 2 rings (SSSR count). The summed E-state index contributed by atoms with van der Waals surface area (Å²) in [7, 11) is 1.83. The van der Waals surface area contributed by atoms with Crippen molar-refractivity contribution in [3.8, 4) is 5.75 Å². The third-order valence-electron chi connectivity index (χ3n) is 3.36. The first-order chi connectivity index (χ1) is 10.1. The summed E-state index contributed by atoms with van der Waals surface area (Å²) in [4.78, 5) is 0. The summed E-state index contributed by atoms with van der Waals surface area (Å²) in [5.74, 6) is 0.889. The number of ether oxygens (including phenoxy) is 1. The van der Waals surface area contributed by atoms with E-state index in [0.29, 0.717) is 11.8 Å². The van der Waals surface area contributed by atoms with Crippen molar-refractivity contribution in [2.45, 2.75) is 33.4 Å². The number of halogens is 1. The highest BCUT2D eigenvalue weighted by molar-refractivity contribution is 6.30. The van der Waals surface area contributed by atoms with Crippen molar-refractivity contribution in [1.82, 2.24) is 15.1 Å². The van der Waals surface area contributed by atoms with E-state index in [2.05, 4.69) is 23.4 Å². The quantitative estimate of drug-likeness (QED) is 0.796. The third-order valence-corrected chi connectivity index (χ3v) is 3.83. The summed E-state index contributed by atoms with van der Waals surface area (Å²) in [6.45, 7) is 6.34. The molecule has 0 radical (unpaired) electrons. The van der Waals surface area contributed by atoms with Gasteiger partial charge >= 0.3 is 0 Å². The second kappa shape index (κ2) is 7.48. The van der Waals surface area contributed by atoms with E-state index in [-0.39, 0.29) is 0 Å². The Bertz CT molecular complexity index is 595. The molecule has 4 nitrogen and oxygen atoms in total. The lowest BCUT2D eigenvalue weighted by Gasteiger charge is -2.12. The Morgan fingerprint density at radius 1 is 1.33 bits per heavy atom. The molecule has 0 bridgehead atoms. The van der Waals surface area contributed by atoms with Crippen LogP contribution in [0.1, 0.15) is 30.2 Å². The number of benzene rings is 1. The lowest BCUT2D eigenvalue weighted by Crippen LogP contribution is -2.14. The lowest BCUT2D eigenvalue weighted by molar-refractivity contribution is 0.301. The maximum absolute atomic E-state index is 6.23. The van der Waals surface area contributed by atoms with Crippen molar-refractivity contribution >= 4 is 11.6 Å². The van der Waals surface area contributed by atoms with Crippen molar-refractivity contribution in [3.05, 3.63) is 46.2 Å². The van der Waals surface area contributed by atoms with Gasteiger partial charge in [-0.15, -0.1) is 0 Å². The number of nitrogens with zero attached hydrogens (tertiary/aromatic N) is 2. The molecule has 0 spiro atoms. The second-order valence-electron chi connectivity index (χ2n) is 5.05. The van der Waals surface area contributed by atoms with Crippen molar-refractivity contribution in [3.63, 3.8) is 0 Å². The van der Waals surface area contributed by atoms with Gasteiger partial charge in [0.1, 0.15) is 17.5 Å². The average molecular weight is 308 g/mol. The molecule has 0 fully saturated rings. The minimum Gasteiger partial charge on any atom is -0.488 e. The Hall–Kier alpha value is -1.52. The van der Waals surface area contributed by atoms with Gasteiger partial charge in [0.2, 0.25) is 0 Å². The monoisotopic (exact) mass is 307 g/mol. The summed E-state index contributed by atoms with van der Waals surface area (Å²) < 4.78 is 7.62. The number of rotatable bonds is 7. The lowest BCUT2D eigenvalue weighted by atomic mass is 10.2. The maximum atomic E-state index is 6.23. The predicted molar refractivity (Wildman–Crippen MR) is 85.7 cm³/mol. The molecule has 1 aromatic heterocycles. The summed E-state index contributed by atoms with van der Waals surface area (Å²) in [5.41, 5.74) is 3.00. The van der Waals surface area contributed by atoms with Crippen LogP contribution < -0.4 is 10.1 Å². The molecule has 21 heavy (non-hydrogen) atoms. The van der Waals surface area contributed by atoms with Gasteiger partial charge in [-0.05, 0) is 26.0 Å². The van der Waals surface area contributed by atoms with Gasteiger partial charge in [-0.1, -0.05) is 36.7 Å². The largest absolute Gasteiger partial charge is 0.488 e. The number of nitrogens with one attached hydrogen (secondary N) is 1. The van der Waals surface area contributed by atoms with Crippen LogP contribution in [0.2, 0.25) is 5.15 Å². The molecule has 0 saturated heterocycles. The fraction of sp³-hybridized carbons (Fsp3) is 0.438. The van der Waals surface area contributed by atoms with Crippen LogP contribution in [0.15, 0.2) is 24.3 Å². The number of aryl methyl sites for hydroxylation is 2. The van der Waals surface area contributed by atoms with Gasteiger partial charge in [-0.25, -0.2) is 0 Å². The molecule has 0 amide bonds. The average Bonchev–Trinajstić information content (AvgIpc) is 2.72. The van der Waals surface area contributed by atoms with Crippen LogP contribution in [0.5, 0.6) is 5.75 Å². The second-order valence-corrected chi connectivity index (χ2v) is 5.41. The molecule has 0 aliphatic carbocycles. The zero-order chi connectivity index (χ0) is 15.2. The molecule has 1 heterocycles. The van der Waals surface area contributed by atoms with E-state index in [9.17, 15) is 0 Å². The first kappa shape index (κ1) is 15.9. The molecule has 114 valence electrons. The van der Waals surface area contributed by atoms with Crippen molar-refractivity contribution in [2.75, 3.05) is 6.54 Å². The normalized spacial score (nSPS) is 10.9. The standard InChI is InChI=1S/C16H22ClN3O/c1-4-9-18-10-13-7-5-6-8-15(13)21-11-14-12(2)19-20(3)16(14)17/h5-8,18H,4,9-11H2,1-3H3. The Labute approximate surface area is 131 Å². The maximum Gasteiger partial charge on any atom is 0.133 e. The van der Waals surface area contributed by atoms with Crippen LogP contribution in [0.25, 0.3) is 0 Å². The van der Waals surface area contributed by atoms with Gasteiger partial charge in [-0.3, -0.25) is 4.68 Å². The molecule has 0 unspecified atom stereocenters. The van der Waals surface area contributed by atoms with E-state index in [1.807, 2.05) is 32.2 Å². The molecule has 5 heteroatoms. The van der Waals surface area contributed by atoms with Gasteiger partial charge in [-0.2, -0.15) is 5.10 Å². The molecule has 1 N–H and O–H groups in total. The molecular formula is C16H22ClN3O. The van der Waals surface area contributed by atoms with Crippen LogP contribution in [0.4, 0.5) is 0 Å². The molecule has 2 aromatic rings. The smallest absolute Gasteiger partial charge is 0.133 e. The topological polar surface area (TPSA) is 39.1 Å². The van der Waals surface area contributed by atoms with E-state index >= 15 is 0 Å². The van der Waals surface area contributed by atoms with Crippen LogP contribution in [0.3, 0.4) is 0 Å². The fourth-order valence-corrected chi connectivity index (χ4v) is 2.41. The minimum atomic E-state index is 0.434. The van der Waals surface area contributed by atoms with Gasteiger partial charge in [0.25, 0.3) is 0 Å². The number of para-hydroxylation sites is 1. The van der Waals surface area contributed by atoms with Crippen LogP contribution in [0, 0.1) is 6.92 Å². The SMILES string of the molecule is CCCNCc1ccccc1OCc1c(C)nn(C)c1Cl. The molecule has 1 aromatic carbocycles. The molecule has 0 saturated carbocycles. The third kappa shape index (κ3) is 3.99. The van der Waals surface area contributed by atoms with Gasteiger partial charge in [0.15, 0.2) is 0 Å². The Morgan fingerprint density at radius 3 is 2.76 bits per heavy atom. The van der Waals surface area contributed by atoms with E-state index in [1.54, 1.807) is 4.68 Å². The van der Waals surface area contributed by atoms with E-state index in [4.69, 9.17) is 16.3 Å². The summed E-state index contributed by atoms with van der Waals surface area (Å²) >= 11 is 6.23. The molecule has 0 atom stereocenters. The van der Waals surface area contributed by atoms with Gasteiger partial charge in [0.05, 0.1) is 5.69 Å². The molecule has 0 aliphatic rings. The minimum absolute atomic E-state index is 0.434.